The van der Waals surface area contributed by atoms with E-state index in [0.29, 0.717) is 19.4 Å². The molecule has 0 spiro atoms. The standard InChI is InChI=1S/C14H16F2N2O3/c1-14(12(19)20)5-2-6-18(8-14)13(21)17-11-7-9(15)3-4-10(11)16/h3-4,7H,2,5-6,8H2,1H3,(H,17,21)(H,19,20). The van der Waals surface area contributed by atoms with Crippen LogP contribution in [0.15, 0.2) is 18.2 Å². The van der Waals surface area contributed by atoms with Gasteiger partial charge in [0, 0.05) is 19.2 Å². The molecule has 0 bridgehead atoms. The number of halogens is 2. The Bertz CT molecular complexity index is 579. The number of nitrogens with zero attached hydrogens (tertiary/aromatic N) is 1. The average Bonchev–Trinajstić information content (AvgIpc) is 2.42. The molecule has 2 rings (SSSR count). The third kappa shape index (κ3) is 3.29. The molecule has 2 amide bonds. The highest BCUT2D eigenvalue weighted by molar-refractivity contribution is 5.90. The molecular weight excluding hydrogens is 282 g/mol. The molecule has 0 radical (unpaired) electrons. The van der Waals surface area contributed by atoms with E-state index in [0.717, 1.165) is 18.2 Å². The molecule has 1 atom stereocenters. The van der Waals surface area contributed by atoms with Gasteiger partial charge in [0.05, 0.1) is 11.1 Å². The summed E-state index contributed by atoms with van der Waals surface area (Å²) < 4.78 is 26.5. The van der Waals surface area contributed by atoms with Crippen LogP contribution in [-0.4, -0.2) is 35.1 Å². The van der Waals surface area contributed by atoms with Crippen LogP contribution < -0.4 is 5.32 Å². The number of piperidine rings is 1. The van der Waals surface area contributed by atoms with E-state index in [2.05, 4.69) is 5.32 Å². The zero-order chi connectivity index (χ0) is 15.6. The van der Waals surface area contributed by atoms with Crippen LogP contribution in [0.4, 0.5) is 19.3 Å². The Hall–Kier alpha value is -2.18. The molecule has 1 heterocycles. The minimum atomic E-state index is -1.02. The van der Waals surface area contributed by atoms with E-state index < -0.39 is 29.0 Å². The summed E-state index contributed by atoms with van der Waals surface area (Å²) in [7, 11) is 0. The Labute approximate surface area is 120 Å². The normalized spacial score (nSPS) is 22.0. The molecule has 1 aromatic rings. The van der Waals surface area contributed by atoms with E-state index in [1.54, 1.807) is 6.92 Å². The van der Waals surface area contributed by atoms with E-state index in [-0.39, 0.29) is 12.2 Å². The quantitative estimate of drug-likeness (QED) is 0.882. The molecule has 0 aliphatic carbocycles. The fourth-order valence-corrected chi connectivity index (χ4v) is 2.37. The number of rotatable bonds is 2. The van der Waals surface area contributed by atoms with Gasteiger partial charge < -0.3 is 15.3 Å². The number of nitrogens with one attached hydrogen (secondary N) is 1. The van der Waals surface area contributed by atoms with Crippen molar-refractivity contribution in [2.24, 2.45) is 5.41 Å². The van der Waals surface area contributed by atoms with E-state index in [9.17, 15) is 23.5 Å². The summed E-state index contributed by atoms with van der Waals surface area (Å²) in [5, 5.41) is 11.5. The van der Waals surface area contributed by atoms with Crippen LogP contribution in [-0.2, 0) is 4.79 Å². The Balaban J connectivity index is 2.10. The van der Waals surface area contributed by atoms with Gasteiger partial charge in [-0.1, -0.05) is 0 Å². The number of hydrogen-bond donors (Lipinski definition) is 2. The SMILES string of the molecule is CC1(C(=O)O)CCCN(C(=O)Nc2cc(F)ccc2F)C1. The molecule has 1 saturated heterocycles. The minimum Gasteiger partial charge on any atom is -0.481 e. The number of carboxylic acid groups (broad SMARTS) is 1. The molecule has 1 aliphatic rings. The van der Waals surface area contributed by atoms with Crippen molar-refractivity contribution in [2.45, 2.75) is 19.8 Å². The molecule has 114 valence electrons. The molecule has 21 heavy (non-hydrogen) atoms. The van der Waals surface area contributed by atoms with Crippen molar-refractivity contribution in [1.29, 1.82) is 0 Å². The summed E-state index contributed by atoms with van der Waals surface area (Å²) >= 11 is 0. The first-order valence-electron chi connectivity index (χ1n) is 6.56. The lowest BCUT2D eigenvalue weighted by Crippen LogP contribution is -2.49. The molecule has 0 aromatic heterocycles. The third-order valence-electron chi connectivity index (χ3n) is 3.67. The Morgan fingerprint density at radius 3 is 2.76 bits per heavy atom. The number of carbonyl (C=O) groups is 2. The maximum Gasteiger partial charge on any atom is 0.321 e. The molecular formula is C14H16F2N2O3. The summed E-state index contributed by atoms with van der Waals surface area (Å²) in [6.07, 6.45) is 1.02. The van der Waals surface area contributed by atoms with Crippen LogP contribution >= 0.6 is 0 Å². The van der Waals surface area contributed by atoms with Gasteiger partial charge in [0.25, 0.3) is 0 Å². The van der Waals surface area contributed by atoms with Gasteiger partial charge in [-0.2, -0.15) is 0 Å². The fourth-order valence-electron chi connectivity index (χ4n) is 2.37. The second kappa shape index (κ2) is 5.67. The summed E-state index contributed by atoms with van der Waals surface area (Å²) in [4.78, 5) is 24.6. The molecule has 1 aliphatic heterocycles. The predicted octanol–water partition coefficient (Wildman–Crippen LogP) is 2.68. The van der Waals surface area contributed by atoms with Crippen LogP contribution in [0, 0.1) is 17.0 Å². The Morgan fingerprint density at radius 1 is 1.38 bits per heavy atom. The van der Waals surface area contributed by atoms with Crippen molar-refractivity contribution in [2.75, 3.05) is 18.4 Å². The van der Waals surface area contributed by atoms with E-state index >= 15 is 0 Å². The number of benzene rings is 1. The van der Waals surface area contributed by atoms with Gasteiger partial charge in [0.15, 0.2) is 0 Å². The van der Waals surface area contributed by atoms with Gasteiger partial charge in [0.1, 0.15) is 11.6 Å². The molecule has 5 nitrogen and oxygen atoms in total. The number of aliphatic carboxylic acids is 1. The van der Waals surface area contributed by atoms with Gasteiger partial charge in [-0.15, -0.1) is 0 Å². The number of likely N-dealkylation sites (tertiary alicyclic amines) is 1. The predicted molar refractivity (Wildman–Crippen MR) is 71.9 cm³/mol. The van der Waals surface area contributed by atoms with Crippen LogP contribution in [0.2, 0.25) is 0 Å². The van der Waals surface area contributed by atoms with Crippen molar-refractivity contribution < 1.29 is 23.5 Å². The highest BCUT2D eigenvalue weighted by Gasteiger charge is 2.39. The molecule has 2 N–H and O–H groups in total. The summed E-state index contributed by atoms with van der Waals surface area (Å²) in [6, 6.07) is 2.12. The maximum atomic E-state index is 13.5. The second-order valence-corrected chi connectivity index (χ2v) is 5.45. The third-order valence-corrected chi connectivity index (χ3v) is 3.67. The lowest BCUT2D eigenvalue weighted by atomic mass is 9.82. The smallest absolute Gasteiger partial charge is 0.321 e. The van der Waals surface area contributed by atoms with Crippen LogP contribution in [0.3, 0.4) is 0 Å². The van der Waals surface area contributed by atoms with E-state index in [1.165, 1.54) is 4.90 Å². The molecule has 7 heteroatoms. The lowest BCUT2D eigenvalue weighted by Gasteiger charge is -2.37. The van der Waals surface area contributed by atoms with Crippen molar-refractivity contribution in [3.05, 3.63) is 29.8 Å². The van der Waals surface area contributed by atoms with Gasteiger partial charge >= 0.3 is 12.0 Å². The number of carbonyl (C=O) groups excluding carboxylic acids is 1. The summed E-state index contributed by atoms with van der Waals surface area (Å²) in [5.74, 6) is -2.39. The highest BCUT2D eigenvalue weighted by atomic mass is 19.1. The van der Waals surface area contributed by atoms with Crippen molar-refractivity contribution >= 4 is 17.7 Å². The monoisotopic (exact) mass is 298 g/mol. The zero-order valence-electron chi connectivity index (χ0n) is 11.5. The first-order chi connectivity index (χ1) is 9.82. The van der Waals surface area contributed by atoms with Crippen LogP contribution in [0.5, 0.6) is 0 Å². The summed E-state index contributed by atoms with van der Waals surface area (Å²) in [5.41, 5.74) is -1.28. The molecule has 1 fully saturated rings. The zero-order valence-corrected chi connectivity index (χ0v) is 11.5. The topological polar surface area (TPSA) is 69.6 Å². The first-order valence-corrected chi connectivity index (χ1v) is 6.56. The Morgan fingerprint density at radius 2 is 2.10 bits per heavy atom. The van der Waals surface area contributed by atoms with Gasteiger partial charge in [0.2, 0.25) is 0 Å². The van der Waals surface area contributed by atoms with Gasteiger partial charge in [-0.05, 0) is 31.9 Å². The van der Waals surface area contributed by atoms with Gasteiger partial charge in [-0.25, -0.2) is 13.6 Å². The number of anilines is 1. The summed E-state index contributed by atoms with van der Waals surface area (Å²) in [6.45, 7) is 1.98. The Kier molecular flexibility index (Phi) is 4.11. The van der Waals surface area contributed by atoms with E-state index in [4.69, 9.17) is 0 Å². The molecule has 0 saturated carbocycles. The molecule has 1 aromatic carbocycles. The van der Waals surface area contributed by atoms with Crippen LogP contribution in [0.25, 0.3) is 0 Å². The minimum absolute atomic E-state index is 0.0328. The van der Waals surface area contributed by atoms with Crippen molar-refractivity contribution in [1.82, 2.24) is 4.90 Å². The highest BCUT2D eigenvalue weighted by Crippen LogP contribution is 2.30. The number of urea groups is 1. The van der Waals surface area contributed by atoms with Crippen LogP contribution in [0.1, 0.15) is 19.8 Å². The van der Waals surface area contributed by atoms with E-state index in [1.807, 2.05) is 0 Å². The number of hydrogen-bond acceptors (Lipinski definition) is 2. The maximum absolute atomic E-state index is 13.5. The first kappa shape index (κ1) is 15.2. The fraction of sp³-hybridized carbons (Fsp3) is 0.429. The van der Waals surface area contributed by atoms with Crippen molar-refractivity contribution in [3.8, 4) is 0 Å². The van der Waals surface area contributed by atoms with Crippen molar-refractivity contribution in [3.63, 3.8) is 0 Å². The second-order valence-electron chi connectivity index (χ2n) is 5.45. The molecule has 1 unspecified atom stereocenters. The van der Waals surface area contributed by atoms with Gasteiger partial charge in [-0.3, -0.25) is 4.79 Å². The number of amides is 2. The number of carboxylic acids is 1. The average molecular weight is 298 g/mol. The lowest BCUT2D eigenvalue weighted by molar-refractivity contribution is -0.150. The largest absolute Gasteiger partial charge is 0.481 e.